The molecule has 0 atom stereocenters. The van der Waals surface area contributed by atoms with Crippen LogP contribution in [-0.4, -0.2) is 27.3 Å². The summed E-state index contributed by atoms with van der Waals surface area (Å²) in [5.41, 5.74) is 6.41. The van der Waals surface area contributed by atoms with Gasteiger partial charge in [0.15, 0.2) is 9.84 Å². The Hall–Kier alpha value is -1.07. The number of anilines is 1. The molecule has 114 valence electrons. The summed E-state index contributed by atoms with van der Waals surface area (Å²) in [5, 5.41) is 3.31. The molecule has 3 N–H and O–H groups in total. The Balaban J connectivity index is 2.39. The van der Waals surface area contributed by atoms with Crippen molar-refractivity contribution in [2.24, 2.45) is 5.73 Å². The number of sulfone groups is 1. The molecule has 0 aliphatic carbocycles. The summed E-state index contributed by atoms with van der Waals surface area (Å²) < 4.78 is 23.7. The monoisotopic (exact) mass is 298 g/mol. The van der Waals surface area contributed by atoms with E-state index in [-0.39, 0.29) is 5.75 Å². The number of unbranched alkanes of at least 4 members (excludes halogenated alkanes) is 3. The molecule has 20 heavy (non-hydrogen) atoms. The second kappa shape index (κ2) is 8.97. The first kappa shape index (κ1) is 17.0. The average molecular weight is 298 g/mol. The Labute approximate surface area is 122 Å². The maximum atomic E-state index is 11.9. The Morgan fingerprint density at radius 2 is 1.70 bits per heavy atom. The number of nitrogens with two attached hydrogens (primary N) is 1. The minimum absolute atomic E-state index is 0.209. The van der Waals surface area contributed by atoms with Crippen molar-refractivity contribution in [2.45, 2.75) is 43.9 Å². The van der Waals surface area contributed by atoms with E-state index < -0.39 is 9.84 Å². The maximum Gasteiger partial charge on any atom is 0.178 e. The van der Waals surface area contributed by atoms with Crippen molar-refractivity contribution in [2.75, 3.05) is 24.2 Å². The number of benzene rings is 1. The second-order valence-corrected chi connectivity index (χ2v) is 7.08. The molecule has 0 spiro atoms. The Morgan fingerprint density at radius 1 is 1.05 bits per heavy atom. The van der Waals surface area contributed by atoms with Crippen LogP contribution in [0.25, 0.3) is 0 Å². The molecule has 1 aromatic carbocycles. The highest BCUT2D eigenvalue weighted by Gasteiger charge is 2.12. The van der Waals surface area contributed by atoms with Crippen molar-refractivity contribution >= 4 is 15.5 Å². The predicted octanol–water partition coefficient (Wildman–Crippen LogP) is 2.80. The van der Waals surface area contributed by atoms with E-state index >= 15 is 0 Å². The number of hydrogen-bond donors (Lipinski definition) is 2. The lowest BCUT2D eigenvalue weighted by molar-refractivity contribution is 0.594. The van der Waals surface area contributed by atoms with Gasteiger partial charge < -0.3 is 11.1 Å². The van der Waals surface area contributed by atoms with E-state index in [1.807, 2.05) is 19.1 Å². The van der Waals surface area contributed by atoms with Crippen LogP contribution in [0, 0.1) is 0 Å². The molecule has 1 rings (SSSR count). The topological polar surface area (TPSA) is 72.2 Å². The van der Waals surface area contributed by atoms with Gasteiger partial charge in [-0.05, 0) is 50.1 Å². The molecule has 0 saturated carbocycles. The van der Waals surface area contributed by atoms with Gasteiger partial charge in [-0.3, -0.25) is 0 Å². The van der Waals surface area contributed by atoms with Crippen LogP contribution in [0.2, 0.25) is 0 Å². The fraction of sp³-hybridized carbons (Fsp3) is 0.600. The minimum atomic E-state index is -3.10. The van der Waals surface area contributed by atoms with Crippen LogP contribution in [0.1, 0.15) is 39.0 Å². The average Bonchev–Trinajstić information content (AvgIpc) is 2.43. The van der Waals surface area contributed by atoms with Gasteiger partial charge in [-0.15, -0.1) is 0 Å². The summed E-state index contributed by atoms with van der Waals surface area (Å²) in [5.74, 6) is 0.209. The smallest absolute Gasteiger partial charge is 0.178 e. The molecular weight excluding hydrogens is 272 g/mol. The molecule has 5 heteroatoms. The van der Waals surface area contributed by atoms with Gasteiger partial charge in [0.1, 0.15) is 0 Å². The van der Waals surface area contributed by atoms with Crippen LogP contribution in [0.15, 0.2) is 29.2 Å². The third-order valence-electron chi connectivity index (χ3n) is 3.15. The van der Waals surface area contributed by atoms with Gasteiger partial charge in [0.25, 0.3) is 0 Å². The molecule has 0 radical (unpaired) electrons. The fourth-order valence-electron chi connectivity index (χ4n) is 2.02. The van der Waals surface area contributed by atoms with E-state index in [2.05, 4.69) is 5.32 Å². The van der Waals surface area contributed by atoms with Gasteiger partial charge in [0.2, 0.25) is 0 Å². The molecule has 4 nitrogen and oxygen atoms in total. The zero-order chi connectivity index (χ0) is 14.8. The molecule has 0 fully saturated rings. The molecule has 1 aromatic rings. The van der Waals surface area contributed by atoms with Gasteiger partial charge in [-0.2, -0.15) is 0 Å². The van der Waals surface area contributed by atoms with E-state index in [0.29, 0.717) is 11.3 Å². The van der Waals surface area contributed by atoms with Crippen molar-refractivity contribution < 1.29 is 8.42 Å². The van der Waals surface area contributed by atoms with Crippen LogP contribution in [0.5, 0.6) is 0 Å². The summed E-state index contributed by atoms with van der Waals surface area (Å²) >= 11 is 0. The van der Waals surface area contributed by atoms with Crippen LogP contribution in [0.3, 0.4) is 0 Å². The van der Waals surface area contributed by atoms with Gasteiger partial charge in [0.05, 0.1) is 10.6 Å². The zero-order valence-electron chi connectivity index (χ0n) is 12.3. The molecule has 0 unspecified atom stereocenters. The van der Waals surface area contributed by atoms with Crippen LogP contribution >= 0.6 is 0 Å². The number of hydrogen-bond acceptors (Lipinski definition) is 4. The molecule has 0 amide bonds. The first-order valence-corrected chi connectivity index (χ1v) is 9.02. The largest absolute Gasteiger partial charge is 0.385 e. The molecule has 0 saturated heterocycles. The first-order chi connectivity index (χ1) is 9.60. The minimum Gasteiger partial charge on any atom is -0.385 e. The highest BCUT2D eigenvalue weighted by atomic mass is 32.2. The molecular formula is C15H26N2O2S. The molecule has 0 aliphatic heterocycles. The fourth-order valence-corrected chi connectivity index (χ4v) is 3.35. The van der Waals surface area contributed by atoms with E-state index in [0.717, 1.165) is 31.6 Å². The van der Waals surface area contributed by atoms with Crippen molar-refractivity contribution in [3.63, 3.8) is 0 Å². The van der Waals surface area contributed by atoms with Crippen molar-refractivity contribution in [1.82, 2.24) is 0 Å². The summed E-state index contributed by atoms with van der Waals surface area (Å²) in [6.07, 6.45) is 5.19. The highest BCUT2D eigenvalue weighted by Crippen LogP contribution is 2.16. The summed E-state index contributed by atoms with van der Waals surface area (Å²) in [6.45, 7) is 3.55. The third-order valence-corrected chi connectivity index (χ3v) is 5.08. The normalized spacial score (nSPS) is 11.5. The standard InChI is InChI=1S/C15H26N2O2S/c1-2-13-20(18,19)15-9-7-14(8-10-15)17-12-6-4-3-5-11-16/h7-10,17H,2-6,11-13,16H2,1H3. The van der Waals surface area contributed by atoms with Crippen molar-refractivity contribution in [3.8, 4) is 0 Å². The lowest BCUT2D eigenvalue weighted by atomic mass is 10.2. The predicted molar refractivity (Wildman–Crippen MR) is 84.8 cm³/mol. The van der Waals surface area contributed by atoms with E-state index in [9.17, 15) is 8.42 Å². The quantitative estimate of drug-likeness (QED) is 0.652. The summed E-state index contributed by atoms with van der Waals surface area (Å²) in [4.78, 5) is 0.410. The number of nitrogens with one attached hydrogen (secondary N) is 1. The van der Waals surface area contributed by atoms with E-state index in [4.69, 9.17) is 5.73 Å². The Morgan fingerprint density at radius 3 is 2.30 bits per heavy atom. The van der Waals surface area contributed by atoms with E-state index in [1.54, 1.807) is 12.1 Å². The van der Waals surface area contributed by atoms with Crippen molar-refractivity contribution in [1.29, 1.82) is 0 Å². The molecule has 0 aliphatic rings. The molecule has 0 heterocycles. The van der Waals surface area contributed by atoms with Crippen LogP contribution < -0.4 is 11.1 Å². The third kappa shape index (κ3) is 5.92. The summed E-state index contributed by atoms with van der Waals surface area (Å²) in [7, 11) is -3.10. The van der Waals surface area contributed by atoms with Crippen LogP contribution in [0.4, 0.5) is 5.69 Å². The highest BCUT2D eigenvalue weighted by molar-refractivity contribution is 7.91. The van der Waals surface area contributed by atoms with Crippen molar-refractivity contribution in [3.05, 3.63) is 24.3 Å². The SMILES string of the molecule is CCCS(=O)(=O)c1ccc(NCCCCCCN)cc1. The molecule has 0 bridgehead atoms. The van der Waals surface area contributed by atoms with Gasteiger partial charge >= 0.3 is 0 Å². The van der Waals surface area contributed by atoms with Crippen LogP contribution in [-0.2, 0) is 9.84 Å². The zero-order valence-corrected chi connectivity index (χ0v) is 13.1. The van der Waals surface area contributed by atoms with Gasteiger partial charge in [-0.25, -0.2) is 8.42 Å². The first-order valence-electron chi connectivity index (χ1n) is 7.37. The number of rotatable bonds is 10. The van der Waals surface area contributed by atoms with Gasteiger partial charge in [-0.1, -0.05) is 19.8 Å². The Kier molecular flexibility index (Phi) is 7.62. The second-order valence-electron chi connectivity index (χ2n) is 4.97. The lowest BCUT2D eigenvalue weighted by Gasteiger charge is -2.08. The van der Waals surface area contributed by atoms with Gasteiger partial charge in [0, 0.05) is 12.2 Å². The lowest BCUT2D eigenvalue weighted by Crippen LogP contribution is -2.06. The summed E-state index contributed by atoms with van der Waals surface area (Å²) in [6, 6.07) is 7.04. The van der Waals surface area contributed by atoms with E-state index in [1.165, 1.54) is 12.8 Å². The molecule has 0 aromatic heterocycles. The Bertz CT molecular complexity index is 469. The maximum absolute atomic E-state index is 11.9.